The lowest BCUT2D eigenvalue weighted by Crippen LogP contribution is -2.40. The molecule has 1 aromatic heterocycles. The fraction of sp³-hybridized carbons (Fsp3) is 0.824. The van der Waals surface area contributed by atoms with Gasteiger partial charge in [0.15, 0.2) is 0 Å². The lowest BCUT2D eigenvalue weighted by molar-refractivity contribution is 0.0918. The Morgan fingerprint density at radius 1 is 1.45 bits per heavy atom. The number of aliphatic hydroxyl groups is 1. The van der Waals surface area contributed by atoms with Crippen LogP contribution in [0.15, 0.2) is 5.38 Å². The molecule has 22 heavy (non-hydrogen) atoms. The molecular formula is C17H31N3OS. The molecule has 1 atom stereocenters. The first-order valence-electron chi connectivity index (χ1n) is 8.59. The fourth-order valence-corrected chi connectivity index (χ4v) is 4.15. The third kappa shape index (κ3) is 5.95. The van der Waals surface area contributed by atoms with E-state index >= 15 is 0 Å². The van der Waals surface area contributed by atoms with E-state index in [4.69, 9.17) is 4.98 Å². The van der Waals surface area contributed by atoms with Gasteiger partial charge in [-0.15, -0.1) is 11.3 Å². The highest BCUT2D eigenvalue weighted by Crippen LogP contribution is 2.19. The standard InChI is InChI=1S/C17H31N3OS/c1-4-5-17-18-16(13-22-17)12-19(3)11-15-6-8-20(9-7-15)10-14(2)21/h13-15,21H,4-12H2,1-3H3/t14-/m0/s1. The van der Waals surface area contributed by atoms with Crippen molar-refractivity contribution in [3.05, 3.63) is 16.1 Å². The van der Waals surface area contributed by atoms with E-state index in [0.29, 0.717) is 0 Å². The lowest BCUT2D eigenvalue weighted by Gasteiger charge is -2.34. The van der Waals surface area contributed by atoms with Crippen LogP contribution >= 0.6 is 11.3 Å². The van der Waals surface area contributed by atoms with Crippen molar-refractivity contribution in [3.8, 4) is 0 Å². The average Bonchev–Trinajstić information content (AvgIpc) is 2.88. The van der Waals surface area contributed by atoms with Crippen LogP contribution in [0.5, 0.6) is 0 Å². The number of β-amino-alcohol motifs (C(OH)–C–C–N with tert-alkyl or cyclic N) is 1. The molecule has 1 saturated heterocycles. The minimum Gasteiger partial charge on any atom is -0.392 e. The summed E-state index contributed by atoms with van der Waals surface area (Å²) in [7, 11) is 2.21. The average molecular weight is 326 g/mol. The van der Waals surface area contributed by atoms with Gasteiger partial charge in [0, 0.05) is 25.0 Å². The molecule has 0 amide bonds. The summed E-state index contributed by atoms with van der Waals surface area (Å²) in [6, 6.07) is 0. The molecule has 126 valence electrons. The molecule has 0 radical (unpaired) electrons. The van der Waals surface area contributed by atoms with Crippen LogP contribution in [0.3, 0.4) is 0 Å². The van der Waals surface area contributed by atoms with Crippen molar-refractivity contribution in [2.45, 2.75) is 52.2 Å². The summed E-state index contributed by atoms with van der Waals surface area (Å²) in [5.41, 5.74) is 1.22. The van der Waals surface area contributed by atoms with Crippen LogP contribution in [0.1, 0.15) is 43.8 Å². The molecule has 4 nitrogen and oxygen atoms in total. The normalized spacial score (nSPS) is 19.0. The van der Waals surface area contributed by atoms with Gasteiger partial charge in [0.25, 0.3) is 0 Å². The zero-order valence-corrected chi connectivity index (χ0v) is 15.1. The van der Waals surface area contributed by atoms with Crippen LogP contribution in [0.2, 0.25) is 0 Å². The Labute approximate surface area is 139 Å². The van der Waals surface area contributed by atoms with E-state index in [1.807, 2.05) is 6.92 Å². The van der Waals surface area contributed by atoms with Crippen molar-refractivity contribution in [2.24, 2.45) is 5.92 Å². The van der Waals surface area contributed by atoms with Crippen molar-refractivity contribution in [3.63, 3.8) is 0 Å². The van der Waals surface area contributed by atoms with Gasteiger partial charge in [-0.25, -0.2) is 4.98 Å². The number of aromatic nitrogens is 1. The molecule has 1 aliphatic heterocycles. The molecule has 0 saturated carbocycles. The number of thiazole rings is 1. The van der Waals surface area contributed by atoms with Crippen molar-refractivity contribution in [1.29, 1.82) is 0 Å². The zero-order chi connectivity index (χ0) is 15.9. The summed E-state index contributed by atoms with van der Waals surface area (Å²) in [6.45, 7) is 9.28. The maximum atomic E-state index is 9.46. The molecule has 1 N–H and O–H groups in total. The first-order valence-corrected chi connectivity index (χ1v) is 9.47. The zero-order valence-electron chi connectivity index (χ0n) is 14.3. The van der Waals surface area contributed by atoms with Gasteiger partial charge in [0.05, 0.1) is 16.8 Å². The van der Waals surface area contributed by atoms with Crippen LogP contribution < -0.4 is 0 Å². The van der Waals surface area contributed by atoms with Crippen LogP contribution in [-0.4, -0.2) is 59.2 Å². The van der Waals surface area contributed by atoms with Crippen LogP contribution in [0, 0.1) is 5.92 Å². The predicted octanol–water partition coefficient (Wildman–Crippen LogP) is 2.62. The first-order chi connectivity index (χ1) is 10.6. The van der Waals surface area contributed by atoms with E-state index in [9.17, 15) is 5.11 Å². The summed E-state index contributed by atoms with van der Waals surface area (Å²) in [4.78, 5) is 9.52. The van der Waals surface area contributed by atoms with Gasteiger partial charge < -0.3 is 14.9 Å². The topological polar surface area (TPSA) is 39.6 Å². The Morgan fingerprint density at radius 3 is 2.82 bits per heavy atom. The van der Waals surface area contributed by atoms with Gasteiger partial charge in [-0.1, -0.05) is 6.92 Å². The van der Waals surface area contributed by atoms with Gasteiger partial charge in [-0.3, -0.25) is 0 Å². The Balaban J connectivity index is 1.70. The molecule has 5 heteroatoms. The molecule has 0 bridgehead atoms. The summed E-state index contributed by atoms with van der Waals surface area (Å²) in [6.07, 6.45) is 4.56. The maximum Gasteiger partial charge on any atom is 0.0928 e. The highest BCUT2D eigenvalue weighted by molar-refractivity contribution is 7.09. The van der Waals surface area contributed by atoms with Crippen molar-refractivity contribution < 1.29 is 5.11 Å². The Morgan fingerprint density at radius 2 is 2.18 bits per heavy atom. The minimum absolute atomic E-state index is 0.207. The summed E-state index contributed by atoms with van der Waals surface area (Å²) in [5, 5.41) is 13.0. The van der Waals surface area contributed by atoms with Gasteiger partial charge in [-0.05, 0) is 58.7 Å². The summed E-state index contributed by atoms with van der Waals surface area (Å²) in [5.74, 6) is 0.781. The van der Waals surface area contributed by atoms with Crippen molar-refractivity contribution >= 4 is 11.3 Å². The van der Waals surface area contributed by atoms with E-state index in [1.54, 1.807) is 11.3 Å². The lowest BCUT2D eigenvalue weighted by atomic mass is 9.96. The number of piperidine rings is 1. The molecular weight excluding hydrogens is 294 g/mol. The van der Waals surface area contributed by atoms with Crippen molar-refractivity contribution in [1.82, 2.24) is 14.8 Å². The van der Waals surface area contributed by atoms with Crippen molar-refractivity contribution in [2.75, 3.05) is 33.2 Å². The molecule has 0 aliphatic carbocycles. The van der Waals surface area contributed by atoms with E-state index < -0.39 is 0 Å². The smallest absolute Gasteiger partial charge is 0.0928 e. The summed E-state index contributed by atoms with van der Waals surface area (Å²) >= 11 is 1.80. The second-order valence-corrected chi connectivity index (χ2v) is 7.71. The first kappa shape index (κ1) is 17.9. The molecule has 1 aromatic rings. The van der Waals surface area contributed by atoms with Gasteiger partial charge in [0.1, 0.15) is 0 Å². The number of hydrogen-bond donors (Lipinski definition) is 1. The monoisotopic (exact) mass is 325 g/mol. The number of rotatable bonds is 8. The van der Waals surface area contributed by atoms with Crippen LogP contribution in [0.4, 0.5) is 0 Å². The molecule has 0 spiro atoms. The second kappa shape index (κ2) is 8.96. The van der Waals surface area contributed by atoms with E-state index in [1.165, 1.54) is 30.0 Å². The van der Waals surface area contributed by atoms with Gasteiger partial charge >= 0.3 is 0 Å². The Hall–Kier alpha value is -0.490. The third-order valence-electron chi connectivity index (χ3n) is 4.29. The highest BCUT2D eigenvalue weighted by atomic mass is 32.1. The molecule has 2 rings (SSSR count). The van der Waals surface area contributed by atoms with Crippen LogP contribution in [0.25, 0.3) is 0 Å². The molecule has 0 unspecified atom stereocenters. The summed E-state index contributed by atoms with van der Waals surface area (Å²) < 4.78 is 0. The number of nitrogens with zero attached hydrogens (tertiary/aromatic N) is 3. The second-order valence-electron chi connectivity index (χ2n) is 6.77. The SMILES string of the molecule is CCCc1nc(CN(C)CC2CCN(C[C@H](C)O)CC2)cs1. The van der Waals surface area contributed by atoms with Gasteiger partial charge in [-0.2, -0.15) is 0 Å². The number of aryl methyl sites for hydroxylation is 1. The predicted molar refractivity (Wildman–Crippen MR) is 93.3 cm³/mol. The third-order valence-corrected chi connectivity index (χ3v) is 5.25. The largest absolute Gasteiger partial charge is 0.392 e. The number of hydrogen-bond acceptors (Lipinski definition) is 5. The Bertz CT molecular complexity index is 427. The molecule has 2 heterocycles. The van der Waals surface area contributed by atoms with E-state index in [0.717, 1.165) is 45.1 Å². The Kier molecular flexibility index (Phi) is 7.28. The van der Waals surface area contributed by atoms with E-state index in [-0.39, 0.29) is 6.10 Å². The minimum atomic E-state index is -0.207. The number of likely N-dealkylation sites (tertiary alicyclic amines) is 1. The highest BCUT2D eigenvalue weighted by Gasteiger charge is 2.21. The fourth-order valence-electron chi connectivity index (χ4n) is 3.26. The quantitative estimate of drug-likeness (QED) is 0.797. The maximum absolute atomic E-state index is 9.46. The molecule has 1 aliphatic rings. The number of aliphatic hydroxyl groups excluding tert-OH is 1. The molecule has 0 aromatic carbocycles. The van der Waals surface area contributed by atoms with E-state index in [2.05, 4.69) is 29.2 Å². The van der Waals surface area contributed by atoms with Gasteiger partial charge in [0.2, 0.25) is 0 Å². The van der Waals surface area contributed by atoms with Crippen LogP contribution in [-0.2, 0) is 13.0 Å². The molecule has 1 fully saturated rings.